The third-order valence-electron chi connectivity index (χ3n) is 4.67. The largest absolute Gasteiger partial charge is 0.333 e. The average molecular weight is 426 g/mol. The molecule has 0 amide bonds. The maximum absolute atomic E-state index is 13.2. The smallest absolute Gasteiger partial charge is 0.269 e. The van der Waals surface area contributed by atoms with E-state index in [1.807, 2.05) is 50.2 Å². The Bertz CT molecular complexity index is 1260. The summed E-state index contributed by atoms with van der Waals surface area (Å²) < 4.78 is 33.2. The number of sulfonamides is 1. The van der Waals surface area contributed by atoms with E-state index in [0.29, 0.717) is 16.4 Å². The van der Waals surface area contributed by atoms with Gasteiger partial charge in [-0.1, -0.05) is 47.1 Å². The Labute approximate surface area is 173 Å². The van der Waals surface area contributed by atoms with Crippen molar-refractivity contribution < 1.29 is 12.9 Å². The first-order valence-corrected chi connectivity index (χ1v) is 11.2. The summed E-state index contributed by atoms with van der Waals surface area (Å²) >= 11 is 1.26. The van der Waals surface area contributed by atoms with Gasteiger partial charge in [0.05, 0.1) is 5.69 Å². The van der Waals surface area contributed by atoms with Crippen LogP contribution in [0.1, 0.15) is 11.1 Å². The third kappa shape index (κ3) is 3.56. The molecule has 4 aromatic rings. The van der Waals surface area contributed by atoms with Crippen molar-refractivity contribution >= 4 is 27.0 Å². The van der Waals surface area contributed by atoms with Gasteiger partial charge in [-0.05, 0) is 43.0 Å². The van der Waals surface area contributed by atoms with E-state index in [2.05, 4.69) is 10.1 Å². The van der Waals surface area contributed by atoms with E-state index in [1.165, 1.54) is 22.7 Å². The Hall–Kier alpha value is -2.97. The molecule has 0 saturated heterocycles. The minimum Gasteiger partial charge on any atom is -0.333 e. The molecular formula is C21H19N3O3S2. The molecule has 29 heavy (non-hydrogen) atoms. The van der Waals surface area contributed by atoms with E-state index in [1.54, 1.807) is 23.6 Å². The molecule has 0 atom stereocenters. The summed E-state index contributed by atoms with van der Waals surface area (Å²) in [6.45, 7) is 3.92. The van der Waals surface area contributed by atoms with Crippen molar-refractivity contribution in [3.05, 3.63) is 71.1 Å². The van der Waals surface area contributed by atoms with Gasteiger partial charge in [-0.15, -0.1) is 11.3 Å². The fourth-order valence-corrected chi connectivity index (χ4v) is 5.46. The molecule has 0 aliphatic rings. The molecule has 0 bridgehead atoms. The number of aryl methyl sites for hydroxylation is 2. The van der Waals surface area contributed by atoms with Crippen LogP contribution in [0, 0.1) is 13.8 Å². The second kappa shape index (κ2) is 7.46. The molecule has 0 aliphatic heterocycles. The molecule has 0 N–H and O–H groups in total. The second-order valence-electron chi connectivity index (χ2n) is 6.66. The van der Waals surface area contributed by atoms with E-state index in [4.69, 9.17) is 4.52 Å². The van der Waals surface area contributed by atoms with Crippen LogP contribution < -0.4 is 4.31 Å². The quantitative estimate of drug-likeness (QED) is 0.454. The summed E-state index contributed by atoms with van der Waals surface area (Å²) in [6.07, 6.45) is 0. The van der Waals surface area contributed by atoms with Gasteiger partial charge in [0.1, 0.15) is 9.77 Å². The number of rotatable bonds is 5. The van der Waals surface area contributed by atoms with Crippen LogP contribution in [-0.4, -0.2) is 25.6 Å². The number of nitrogens with zero attached hydrogens (tertiary/aromatic N) is 3. The summed E-state index contributed by atoms with van der Waals surface area (Å²) in [5, 5.41) is 5.76. The summed E-state index contributed by atoms with van der Waals surface area (Å²) in [5.74, 6) is 0.621. The zero-order valence-corrected chi connectivity index (χ0v) is 17.8. The molecule has 4 rings (SSSR count). The van der Waals surface area contributed by atoms with Crippen LogP contribution in [0.2, 0.25) is 0 Å². The van der Waals surface area contributed by atoms with Crippen molar-refractivity contribution in [2.75, 3.05) is 11.4 Å². The van der Waals surface area contributed by atoms with Gasteiger partial charge in [-0.25, -0.2) is 8.42 Å². The Morgan fingerprint density at radius 1 is 1.00 bits per heavy atom. The third-order valence-corrected chi connectivity index (χ3v) is 7.53. The van der Waals surface area contributed by atoms with Crippen LogP contribution in [-0.2, 0) is 10.0 Å². The number of aromatic nitrogens is 2. The van der Waals surface area contributed by atoms with Gasteiger partial charge >= 0.3 is 0 Å². The highest BCUT2D eigenvalue weighted by Crippen LogP contribution is 2.35. The fourth-order valence-electron chi connectivity index (χ4n) is 2.95. The molecular weight excluding hydrogens is 406 g/mol. The molecule has 2 aromatic heterocycles. The van der Waals surface area contributed by atoms with Crippen molar-refractivity contribution in [3.8, 4) is 22.2 Å². The lowest BCUT2D eigenvalue weighted by Crippen LogP contribution is -2.26. The standard InChI is InChI=1S/C21H19N3O3S2/c1-14-8-10-16(11-9-14)24(3)29(25,26)18-12-13-28-19(18)21-22-20(23-27-21)17-7-5-4-6-15(17)2/h4-13H,1-3H3. The minimum absolute atomic E-state index is 0.144. The topological polar surface area (TPSA) is 76.3 Å². The van der Waals surface area contributed by atoms with Crippen LogP contribution >= 0.6 is 11.3 Å². The predicted molar refractivity (Wildman–Crippen MR) is 115 cm³/mol. The summed E-state index contributed by atoms with van der Waals surface area (Å²) in [5.41, 5.74) is 3.50. The molecule has 0 saturated carbocycles. The van der Waals surface area contributed by atoms with Crippen molar-refractivity contribution in [2.45, 2.75) is 18.7 Å². The van der Waals surface area contributed by atoms with Crippen molar-refractivity contribution in [1.29, 1.82) is 0 Å². The highest BCUT2D eigenvalue weighted by atomic mass is 32.2. The number of hydrogen-bond acceptors (Lipinski definition) is 6. The van der Waals surface area contributed by atoms with Gasteiger partial charge in [-0.3, -0.25) is 4.31 Å². The molecule has 2 heterocycles. The predicted octanol–water partition coefficient (Wildman–Crippen LogP) is 4.91. The van der Waals surface area contributed by atoms with Gasteiger partial charge in [0, 0.05) is 12.6 Å². The lowest BCUT2D eigenvalue weighted by Gasteiger charge is -2.19. The Kier molecular flexibility index (Phi) is 4.97. The minimum atomic E-state index is -3.79. The number of thiophene rings is 1. The molecule has 0 aliphatic carbocycles. The zero-order chi connectivity index (χ0) is 20.6. The Morgan fingerprint density at radius 3 is 2.45 bits per heavy atom. The zero-order valence-electron chi connectivity index (χ0n) is 16.2. The van der Waals surface area contributed by atoms with Gasteiger partial charge in [-0.2, -0.15) is 4.98 Å². The maximum Gasteiger partial charge on any atom is 0.269 e. The molecule has 8 heteroatoms. The molecule has 0 spiro atoms. The lowest BCUT2D eigenvalue weighted by molar-refractivity contribution is 0.432. The van der Waals surface area contributed by atoms with E-state index in [9.17, 15) is 8.42 Å². The first-order chi connectivity index (χ1) is 13.9. The summed E-state index contributed by atoms with van der Waals surface area (Å²) in [7, 11) is -2.25. The van der Waals surface area contributed by atoms with Crippen LogP contribution in [0.5, 0.6) is 0 Å². The number of anilines is 1. The Morgan fingerprint density at radius 2 is 1.72 bits per heavy atom. The molecule has 0 fully saturated rings. The SMILES string of the molecule is Cc1ccc(N(C)S(=O)(=O)c2ccsc2-c2nc(-c3ccccc3C)no2)cc1. The molecule has 6 nitrogen and oxygen atoms in total. The van der Waals surface area contributed by atoms with Crippen molar-refractivity contribution in [3.63, 3.8) is 0 Å². The molecule has 0 radical (unpaired) electrons. The normalized spacial score (nSPS) is 11.6. The van der Waals surface area contributed by atoms with Gasteiger partial charge in [0.15, 0.2) is 0 Å². The molecule has 148 valence electrons. The van der Waals surface area contributed by atoms with Crippen LogP contribution in [0.25, 0.3) is 22.2 Å². The van der Waals surface area contributed by atoms with Crippen LogP contribution in [0.3, 0.4) is 0 Å². The highest BCUT2D eigenvalue weighted by Gasteiger charge is 2.28. The van der Waals surface area contributed by atoms with Gasteiger partial charge < -0.3 is 4.52 Å². The van der Waals surface area contributed by atoms with Gasteiger partial charge in [0.25, 0.3) is 15.9 Å². The molecule has 0 unspecified atom stereocenters. The number of hydrogen-bond donors (Lipinski definition) is 0. The van der Waals surface area contributed by atoms with Gasteiger partial charge in [0.2, 0.25) is 5.82 Å². The van der Waals surface area contributed by atoms with E-state index in [-0.39, 0.29) is 10.8 Å². The van der Waals surface area contributed by atoms with Crippen LogP contribution in [0.4, 0.5) is 5.69 Å². The maximum atomic E-state index is 13.2. The van der Waals surface area contributed by atoms with Crippen molar-refractivity contribution in [2.24, 2.45) is 0 Å². The lowest BCUT2D eigenvalue weighted by atomic mass is 10.1. The fraction of sp³-hybridized carbons (Fsp3) is 0.143. The van der Waals surface area contributed by atoms with Crippen LogP contribution in [0.15, 0.2) is 69.4 Å². The summed E-state index contributed by atoms with van der Waals surface area (Å²) in [6, 6.07) is 16.6. The first-order valence-electron chi connectivity index (χ1n) is 8.91. The first kappa shape index (κ1) is 19.4. The molecule has 2 aromatic carbocycles. The highest BCUT2D eigenvalue weighted by molar-refractivity contribution is 7.93. The monoisotopic (exact) mass is 425 g/mol. The van der Waals surface area contributed by atoms with E-state index >= 15 is 0 Å². The Balaban J connectivity index is 1.72. The van der Waals surface area contributed by atoms with E-state index in [0.717, 1.165) is 16.7 Å². The van der Waals surface area contributed by atoms with Crippen molar-refractivity contribution in [1.82, 2.24) is 10.1 Å². The second-order valence-corrected chi connectivity index (χ2v) is 9.51. The summed E-state index contributed by atoms with van der Waals surface area (Å²) in [4.78, 5) is 5.02. The number of benzene rings is 2. The average Bonchev–Trinajstić information content (AvgIpc) is 3.38. The van der Waals surface area contributed by atoms with E-state index < -0.39 is 10.0 Å².